The van der Waals surface area contributed by atoms with Crippen molar-refractivity contribution in [3.05, 3.63) is 27.9 Å². The number of fused-ring (bicyclic) bond motifs is 1. The lowest BCUT2D eigenvalue weighted by Gasteiger charge is -2.02. The van der Waals surface area contributed by atoms with Crippen LogP contribution >= 0.6 is 15.9 Å². The quantitative estimate of drug-likeness (QED) is 0.606. The minimum atomic E-state index is -0.525. The maximum absolute atomic E-state index is 11.4. The number of rotatable bonds is 1. The molecule has 92 valence electrons. The third-order valence-corrected chi connectivity index (χ3v) is 3.20. The molecular weight excluding hydrogens is 304 g/mol. The number of benzene rings is 1. The first kappa shape index (κ1) is 11.1. The van der Waals surface area contributed by atoms with Gasteiger partial charge in [-0.05, 0) is 23.8 Å². The van der Waals surface area contributed by atoms with Crippen molar-refractivity contribution in [3.63, 3.8) is 0 Å². The number of hydrogen-bond acceptors (Lipinski definition) is 4. The number of nitrogens with one attached hydrogen (secondary N) is 2. The molecule has 0 saturated carbocycles. The van der Waals surface area contributed by atoms with E-state index in [0.717, 1.165) is 4.47 Å². The molecule has 0 radical (unpaired) electrons. The number of carbonyl (C=O) groups is 2. The third-order valence-electron chi connectivity index (χ3n) is 2.51. The number of urea groups is 1. The standard InChI is InChI=1S/C11H7BrN2O4/c12-6-3-9-8(17-4-18-9)2-5(6)1-7-10(15)14-11(16)13-7/h1-3H,4H2,(H2,13,14,15,16)/b7-1+. The second kappa shape index (κ2) is 4.02. The molecule has 0 bridgehead atoms. The summed E-state index contributed by atoms with van der Waals surface area (Å²) in [6.45, 7) is 0.180. The third kappa shape index (κ3) is 1.82. The Morgan fingerprint density at radius 3 is 2.56 bits per heavy atom. The van der Waals surface area contributed by atoms with E-state index in [-0.39, 0.29) is 12.5 Å². The van der Waals surface area contributed by atoms with E-state index >= 15 is 0 Å². The molecule has 0 spiro atoms. The molecule has 1 fully saturated rings. The molecule has 6 nitrogen and oxygen atoms in total. The Labute approximate surface area is 110 Å². The van der Waals surface area contributed by atoms with E-state index in [9.17, 15) is 9.59 Å². The monoisotopic (exact) mass is 310 g/mol. The van der Waals surface area contributed by atoms with E-state index < -0.39 is 11.9 Å². The zero-order chi connectivity index (χ0) is 12.7. The van der Waals surface area contributed by atoms with Crippen molar-refractivity contribution in [1.29, 1.82) is 0 Å². The molecule has 2 N–H and O–H groups in total. The molecule has 7 heteroatoms. The van der Waals surface area contributed by atoms with Crippen LogP contribution in [-0.4, -0.2) is 18.7 Å². The zero-order valence-electron chi connectivity index (χ0n) is 8.95. The van der Waals surface area contributed by atoms with E-state index in [2.05, 4.69) is 26.6 Å². The molecule has 3 rings (SSSR count). The SMILES string of the molecule is O=C1NC(=O)/C(=C\c2cc3c(cc2Br)OCO3)N1. The van der Waals surface area contributed by atoms with Gasteiger partial charge < -0.3 is 14.8 Å². The molecule has 0 atom stereocenters. The first-order chi connectivity index (χ1) is 8.63. The Balaban J connectivity index is 2.00. The van der Waals surface area contributed by atoms with Crippen molar-refractivity contribution < 1.29 is 19.1 Å². The zero-order valence-corrected chi connectivity index (χ0v) is 10.5. The molecule has 0 aromatic heterocycles. The van der Waals surface area contributed by atoms with Gasteiger partial charge in [0, 0.05) is 4.47 Å². The van der Waals surface area contributed by atoms with Crippen LogP contribution < -0.4 is 20.1 Å². The number of ether oxygens (including phenoxy) is 2. The van der Waals surface area contributed by atoms with Gasteiger partial charge in [0.25, 0.3) is 5.91 Å². The van der Waals surface area contributed by atoms with Crippen LogP contribution in [0.3, 0.4) is 0 Å². The molecule has 3 amide bonds. The maximum Gasteiger partial charge on any atom is 0.326 e. The molecule has 0 unspecified atom stereocenters. The van der Waals surface area contributed by atoms with Gasteiger partial charge in [0.1, 0.15) is 5.70 Å². The molecule has 1 aromatic carbocycles. The highest BCUT2D eigenvalue weighted by Crippen LogP contribution is 2.37. The van der Waals surface area contributed by atoms with Crippen molar-refractivity contribution in [2.24, 2.45) is 0 Å². The van der Waals surface area contributed by atoms with Gasteiger partial charge >= 0.3 is 6.03 Å². The topological polar surface area (TPSA) is 76.7 Å². The normalized spacial score (nSPS) is 19.1. The largest absolute Gasteiger partial charge is 0.454 e. The highest BCUT2D eigenvalue weighted by Gasteiger charge is 2.24. The van der Waals surface area contributed by atoms with Gasteiger partial charge in [-0.3, -0.25) is 10.1 Å². The number of amides is 3. The highest BCUT2D eigenvalue weighted by atomic mass is 79.9. The minimum Gasteiger partial charge on any atom is -0.454 e. The molecule has 2 aliphatic rings. The molecule has 1 aromatic rings. The first-order valence-corrected chi connectivity index (χ1v) is 5.86. The second-order valence-electron chi connectivity index (χ2n) is 3.69. The van der Waals surface area contributed by atoms with Crippen LogP contribution in [0.5, 0.6) is 11.5 Å². The van der Waals surface area contributed by atoms with Gasteiger partial charge in [0.05, 0.1) is 0 Å². The van der Waals surface area contributed by atoms with Crippen molar-refractivity contribution in [3.8, 4) is 11.5 Å². The summed E-state index contributed by atoms with van der Waals surface area (Å²) in [6.07, 6.45) is 1.56. The van der Waals surface area contributed by atoms with Crippen LogP contribution in [0.4, 0.5) is 4.79 Å². The summed E-state index contributed by atoms with van der Waals surface area (Å²) in [4.78, 5) is 22.4. The number of hydrogen-bond donors (Lipinski definition) is 2. The summed E-state index contributed by atoms with van der Waals surface area (Å²) in [7, 11) is 0. The summed E-state index contributed by atoms with van der Waals surface area (Å²) in [6, 6.07) is 2.96. The van der Waals surface area contributed by atoms with E-state index in [1.807, 2.05) is 0 Å². The molecular formula is C11H7BrN2O4. The number of carbonyl (C=O) groups excluding carboxylic acids is 2. The molecule has 18 heavy (non-hydrogen) atoms. The van der Waals surface area contributed by atoms with Gasteiger partial charge in [0.15, 0.2) is 11.5 Å². The van der Waals surface area contributed by atoms with E-state index in [4.69, 9.17) is 9.47 Å². The average molecular weight is 311 g/mol. The predicted molar refractivity (Wildman–Crippen MR) is 64.9 cm³/mol. The molecule has 2 heterocycles. The minimum absolute atomic E-state index is 0.180. The average Bonchev–Trinajstić information content (AvgIpc) is 2.86. The van der Waals surface area contributed by atoms with Gasteiger partial charge in [-0.15, -0.1) is 0 Å². The van der Waals surface area contributed by atoms with Crippen molar-refractivity contribution in [1.82, 2.24) is 10.6 Å². The fraction of sp³-hybridized carbons (Fsp3) is 0.0909. The second-order valence-corrected chi connectivity index (χ2v) is 4.55. The van der Waals surface area contributed by atoms with Crippen molar-refractivity contribution >= 4 is 33.9 Å². The van der Waals surface area contributed by atoms with Gasteiger partial charge in [-0.2, -0.15) is 0 Å². The summed E-state index contributed by atoms with van der Waals surface area (Å²) in [5.74, 6) is 0.795. The van der Waals surface area contributed by atoms with Gasteiger partial charge in [-0.1, -0.05) is 15.9 Å². The van der Waals surface area contributed by atoms with Crippen molar-refractivity contribution in [2.45, 2.75) is 0 Å². The van der Waals surface area contributed by atoms with Crippen LogP contribution in [-0.2, 0) is 4.79 Å². The van der Waals surface area contributed by atoms with E-state index in [1.165, 1.54) is 0 Å². The van der Waals surface area contributed by atoms with Crippen molar-refractivity contribution in [2.75, 3.05) is 6.79 Å². The number of halogens is 1. The van der Waals surface area contributed by atoms with Crippen LogP contribution in [0, 0.1) is 0 Å². The predicted octanol–water partition coefficient (Wildman–Crippen LogP) is 1.36. The fourth-order valence-electron chi connectivity index (χ4n) is 1.68. The Kier molecular flexibility index (Phi) is 2.48. The smallest absolute Gasteiger partial charge is 0.326 e. The number of imide groups is 1. The summed E-state index contributed by atoms with van der Waals surface area (Å²) in [5.41, 5.74) is 0.908. The summed E-state index contributed by atoms with van der Waals surface area (Å²) < 4.78 is 11.2. The van der Waals surface area contributed by atoms with Gasteiger partial charge in [0.2, 0.25) is 6.79 Å². The van der Waals surface area contributed by atoms with Crippen LogP contribution in [0.15, 0.2) is 22.3 Å². The Hall–Kier alpha value is -2.02. The van der Waals surface area contributed by atoms with E-state index in [0.29, 0.717) is 17.1 Å². The lowest BCUT2D eigenvalue weighted by atomic mass is 10.1. The van der Waals surface area contributed by atoms with Crippen LogP contribution in [0.2, 0.25) is 0 Å². The summed E-state index contributed by atoms with van der Waals surface area (Å²) in [5, 5.41) is 4.55. The lowest BCUT2D eigenvalue weighted by molar-refractivity contribution is -0.115. The Bertz CT molecular complexity index is 597. The first-order valence-electron chi connectivity index (χ1n) is 5.06. The maximum atomic E-state index is 11.4. The molecule has 0 aliphatic carbocycles. The Morgan fingerprint density at radius 1 is 1.17 bits per heavy atom. The Morgan fingerprint density at radius 2 is 1.89 bits per heavy atom. The lowest BCUT2D eigenvalue weighted by Crippen LogP contribution is -2.22. The highest BCUT2D eigenvalue weighted by molar-refractivity contribution is 9.10. The van der Waals surface area contributed by atoms with Gasteiger partial charge in [-0.25, -0.2) is 4.79 Å². The molecule has 1 saturated heterocycles. The van der Waals surface area contributed by atoms with Crippen LogP contribution in [0.25, 0.3) is 6.08 Å². The summed E-state index contributed by atoms with van der Waals surface area (Å²) >= 11 is 3.37. The fourth-order valence-corrected chi connectivity index (χ4v) is 2.12. The van der Waals surface area contributed by atoms with Crippen LogP contribution in [0.1, 0.15) is 5.56 Å². The molecule has 2 aliphatic heterocycles. The van der Waals surface area contributed by atoms with E-state index in [1.54, 1.807) is 18.2 Å².